The van der Waals surface area contributed by atoms with Crippen molar-refractivity contribution in [2.45, 2.75) is 64.8 Å². The van der Waals surface area contributed by atoms with Gasteiger partial charge in [0.05, 0.1) is 0 Å². The molecule has 102 valence electrons. The molecule has 2 nitrogen and oxygen atoms in total. The average Bonchev–Trinajstić information content (AvgIpc) is 2.34. The zero-order valence-corrected chi connectivity index (χ0v) is 12.0. The van der Waals surface area contributed by atoms with E-state index >= 15 is 0 Å². The first-order chi connectivity index (χ1) is 8.24. The molecule has 1 rings (SSSR count). The Morgan fingerprint density at radius 3 is 2.29 bits per heavy atom. The Morgan fingerprint density at radius 1 is 1.06 bits per heavy atom. The quantitative estimate of drug-likeness (QED) is 0.656. The number of ether oxygens (including phenoxy) is 1. The fraction of sp³-hybridized carbons (Fsp3) is 1.00. The third kappa shape index (κ3) is 6.42. The molecule has 0 spiro atoms. The monoisotopic (exact) mass is 241 g/mol. The average molecular weight is 241 g/mol. The molecule has 1 N–H and O–H groups in total. The normalized spacial score (nSPS) is 19.8. The van der Waals surface area contributed by atoms with Gasteiger partial charge in [-0.2, -0.15) is 0 Å². The van der Waals surface area contributed by atoms with Crippen molar-refractivity contribution in [1.29, 1.82) is 0 Å². The van der Waals surface area contributed by atoms with Crippen LogP contribution >= 0.6 is 0 Å². The van der Waals surface area contributed by atoms with Gasteiger partial charge in [0, 0.05) is 19.3 Å². The van der Waals surface area contributed by atoms with Crippen LogP contribution in [-0.2, 0) is 4.74 Å². The first-order valence-electron chi connectivity index (χ1n) is 7.49. The second-order valence-corrected chi connectivity index (χ2v) is 5.88. The highest BCUT2D eigenvalue weighted by atomic mass is 16.5. The van der Waals surface area contributed by atoms with E-state index in [0.717, 1.165) is 25.0 Å². The third-order valence-corrected chi connectivity index (χ3v) is 4.00. The van der Waals surface area contributed by atoms with E-state index in [9.17, 15) is 0 Å². The Kier molecular flexibility index (Phi) is 7.87. The largest absolute Gasteiger partial charge is 0.381 e. The lowest BCUT2D eigenvalue weighted by Gasteiger charge is -2.30. The molecule has 0 bridgehead atoms. The molecule has 1 fully saturated rings. The van der Waals surface area contributed by atoms with Gasteiger partial charge in [-0.15, -0.1) is 0 Å². The SMILES string of the molecule is CNC(CCOCCC(C)C)C1CCCCC1. The van der Waals surface area contributed by atoms with Gasteiger partial charge in [-0.05, 0) is 44.6 Å². The molecule has 1 unspecified atom stereocenters. The molecule has 0 radical (unpaired) electrons. The Balaban J connectivity index is 2.09. The molecular weight excluding hydrogens is 210 g/mol. The topological polar surface area (TPSA) is 21.3 Å². The first-order valence-corrected chi connectivity index (χ1v) is 7.49. The number of hydrogen-bond donors (Lipinski definition) is 1. The summed E-state index contributed by atoms with van der Waals surface area (Å²) in [6, 6.07) is 0.675. The summed E-state index contributed by atoms with van der Waals surface area (Å²) in [5, 5.41) is 3.49. The summed E-state index contributed by atoms with van der Waals surface area (Å²) in [5.41, 5.74) is 0. The van der Waals surface area contributed by atoms with E-state index in [-0.39, 0.29) is 0 Å². The van der Waals surface area contributed by atoms with Crippen LogP contribution in [0.15, 0.2) is 0 Å². The Hall–Kier alpha value is -0.0800. The lowest BCUT2D eigenvalue weighted by Crippen LogP contribution is -2.35. The summed E-state index contributed by atoms with van der Waals surface area (Å²) in [4.78, 5) is 0. The molecular formula is C15H31NO. The summed E-state index contributed by atoms with van der Waals surface area (Å²) in [6.45, 7) is 6.36. The van der Waals surface area contributed by atoms with Crippen molar-refractivity contribution < 1.29 is 4.74 Å². The van der Waals surface area contributed by atoms with Crippen molar-refractivity contribution in [3.05, 3.63) is 0 Å². The lowest BCUT2D eigenvalue weighted by molar-refractivity contribution is 0.105. The first kappa shape index (κ1) is 15.0. The van der Waals surface area contributed by atoms with Gasteiger partial charge in [0.25, 0.3) is 0 Å². The maximum Gasteiger partial charge on any atom is 0.0480 e. The molecule has 0 aromatic heterocycles. The minimum absolute atomic E-state index is 0.675. The van der Waals surface area contributed by atoms with Gasteiger partial charge >= 0.3 is 0 Å². The van der Waals surface area contributed by atoms with E-state index in [1.54, 1.807) is 0 Å². The summed E-state index contributed by atoms with van der Waals surface area (Å²) < 4.78 is 5.73. The van der Waals surface area contributed by atoms with Crippen LogP contribution in [0.3, 0.4) is 0 Å². The minimum atomic E-state index is 0.675. The van der Waals surface area contributed by atoms with E-state index in [0.29, 0.717) is 6.04 Å². The lowest BCUT2D eigenvalue weighted by atomic mass is 9.83. The molecule has 17 heavy (non-hydrogen) atoms. The highest BCUT2D eigenvalue weighted by Crippen LogP contribution is 2.27. The second kappa shape index (κ2) is 8.93. The third-order valence-electron chi connectivity index (χ3n) is 4.00. The zero-order valence-electron chi connectivity index (χ0n) is 12.0. The highest BCUT2D eigenvalue weighted by Gasteiger charge is 2.21. The Labute approximate surface area is 108 Å². The van der Waals surface area contributed by atoms with Crippen LogP contribution in [-0.4, -0.2) is 26.3 Å². The van der Waals surface area contributed by atoms with Crippen molar-refractivity contribution in [2.24, 2.45) is 11.8 Å². The molecule has 0 amide bonds. The Bertz CT molecular complexity index is 176. The number of rotatable bonds is 8. The maximum absolute atomic E-state index is 5.73. The fourth-order valence-electron chi connectivity index (χ4n) is 2.78. The van der Waals surface area contributed by atoms with Crippen LogP contribution in [0, 0.1) is 11.8 Å². The molecule has 1 aliphatic carbocycles. The van der Waals surface area contributed by atoms with Crippen molar-refractivity contribution in [3.63, 3.8) is 0 Å². The van der Waals surface area contributed by atoms with E-state index < -0.39 is 0 Å². The summed E-state index contributed by atoms with van der Waals surface area (Å²) >= 11 is 0. The highest BCUT2D eigenvalue weighted by molar-refractivity contribution is 4.78. The molecule has 0 aromatic carbocycles. The van der Waals surface area contributed by atoms with Gasteiger partial charge in [-0.25, -0.2) is 0 Å². The van der Waals surface area contributed by atoms with Crippen molar-refractivity contribution in [1.82, 2.24) is 5.32 Å². The van der Waals surface area contributed by atoms with Gasteiger partial charge in [-0.1, -0.05) is 33.1 Å². The fourth-order valence-corrected chi connectivity index (χ4v) is 2.78. The van der Waals surface area contributed by atoms with Crippen LogP contribution in [0.4, 0.5) is 0 Å². The maximum atomic E-state index is 5.73. The van der Waals surface area contributed by atoms with E-state index in [1.807, 2.05) is 0 Å². The molecule has 0 aromatic rings. The van der Waals surface area contributed by atoms with Crippen molar-refractivity contribution in [3.8, 4) is 0 Å². The molecule has 1 saturated carbocycles. The van der Waals surface area contributed by atoms with Gasteiger partial charge in [0.15, 0.2) is 0 Å². The number of nitrogens with one attached hydrogen (secondary N) is 1. The summed E-state index contributed by atoms with van der Waals surface area (Å²) in [6.07, 6.45) is 9.49. The molecule has 0 aliphatic heterocycles. The van der Waals surface area contributed by atoms with E-state index in [4.69, 9.17) is 4.74 Å². The predicted molar refractivity (Wildman–Crippen MR) is 74.3 cm³/mol. The van der Waals surface area contributed by atoms with Crippen LogP contribution in [0.2, 0.25) is 0 Å². The molecule has 1 aliphatic rings. The molecule has 0 heterocycles. The van der Waals surface area contributed by atoms with Crippen LogP contribution in [0.25, 0.3) is 0 Å². The van der Waals surface area contributed by atoms with E-state index in [1.165, 1.54) is 44.9 Å². The van der Waals surface area contributed by atoms with Crippen LogP contribution in [0.5, 0.6) is 0 Å². The number of hydrogen-bond acceptors (Lipinski definition) is 2. The van der Waals surface area contributed by atoms with Gasteiger partial charge < -0.3 is 10.1 Å². The molecule has 2 heteroatoms. The van der Waals surface area contributed by atoms with E-state index in [2.05, 4.69) is 26.2 Å². The van der Waals surface area contributed by atoms with Crippen molar-refractivity contribution >= 4 is 0 Å². The van der Waals surface area contributed by atoms with Crippen LogP contribution < -0.4 is 5.32 Å². The smallest absolute Gasteiger partial charge is 0.0480 e. The molecule has 1 atom stereocenters. The summed E-state index contributed by atoms with van der Waals surface area (Å²) in [5.74, 6) is 1.65. The van der Waals surface area contributed by atoms with Gasteiger partial charge in [-0.3, -0.25) is 0 Å². The second-order valence-electron chi connectivity index (χ2n) is 5.88. The standard InChI is InChI=1S/C15H31NO/c1-13(2)9-11-17-12-10-15(16-3)14-7-5-4-6-8-14/h13-16H,4-12H2,1-3H3. The minimum Gasteiger partial charge on any atom is -0.381 e. The van der Waals surface area contributed by atoms with Crippen LogP contribution in [0.1, 0.15) is 58.8 Å². The predicted octanol–water partition coefficient (Wildman–Crippen LogP) is 3.61. The van der Waals surface area contributed by atoms with Gasteiger partial charge in [0.2, 0.25) is 0 Å². The summed E-state index contributed by atoms with van der Waals surface area (Å²) in [7, 11) is 2.10. The molecule has 0 saturated heterocycles. The van der Waals surface area contributed by atoms with Gasteiger partial charge in [0.1, 0.15) is 0 Å². The Morgan fingerprint density at radius 2 is 1.71 bits per heavy atom. The van der Waals surface area contributed by atoms with Crippen molar-refractivity contribution in [2.75, 3.05) is 20.3 Å². The zero-order chi connectivity index (χ0) is 12.5.